The third-order valence-electron chi connectivity index (χ3n) is 2.51. The van der Waals surface area contributed by atoms with Gasteiger partial charge in [-0.2, -0.15) is 4.98 Å². The van der Waals surface area contributed by atoms with E-state index < -0.39 is 12.0 Å². The molecule has 0 fully saturated rings. The van der Waals surface area contributed by atoms with Crippen LogP contribution in [0.4, 0.5) is 10.5 Å². The molecule has 0 aliphatic carbocycles. The number of anilines is 1. The minimum Gasteiger partial charge on any atom is -0.481 e. The molecule has 1 heterocycles. The van der Waals surface area contributed by atoms with E-state index in [1.54, 1.807) is 31.2 Å². The van der Waals surface area contributed by atoms with Crippen molar-refractivity contribution in [2.45, 2.75) is 19.9 Å². The lowest BCUT2D eigenvalue weighted by molar-refractivity contribution is -0.136. The molecule has 8 heteroatoms. The molecular formula is C13H14N4O4. The van der Waals surface area contributed by atoms with Crippen LogP contribution < -0.4 is 10.6 Å². The number of benzene rings is 1. The van der Waals surface area contributed by atoms with Crippen LogP contribution in [0.1, 0.15) is 17.3 Å². The average molecular weight is 290 g/mol. The van der Waals surface area contributed by atoms with E-state index in [0.717, 1.165) is 0 Å². The fourth-order valence-corrected chi connectivity index (χ4v) is 1.68. The zero-order chi connectivity index (χ0) is 15.2. The van der Waals surface area contributed by atoms with E-state index in [4.69, 9.17) is 9.63 Å². The molecule has 2 rings (SSSR count). The number of hydrogen-bond acceptors (Lipinski definition) is 5. The Kier molecular flexibility index (Phi) is 4.50. The first-order chi connectivity index (χ1) is 10.0. The number of rotatable bonds is 5. The third kappa shape index (κ3) is 4.60. The molecule has 0 saturated carbocycles. The Balaban J connectivity index is 1.88. The molecule has 2 aromatic rings. The Labute approximate surface area is 120 Å². The van der Waals surface area contributed by atoms with E-state index in [0.29, 0.717) is 23.0 Å². The summed E-state index contributed by atoms with van der Waals surface area (Å²) in [7, 11) is 0. The van der Waals surface area contributed by atoms with Crippen LogP contribution in [0, 0.1) is 6.92 Å². The molecule has 0 saturated heterocycles. The topological polar surface area (TPSA) is 117 Å². The van der Waals surface area contributed by atoms with Gasteiger partial charge in [0.2, 0.25) is 5.89 Å². The van der Waals surface area contributed by atoms with Crippen molar-refractivity contribution < 1.29 is 19.2 Å². The van der Waals surface area contributed by atoms with Crippen LogP contribution in [0.15, 0.2) is 28.8 Å². The van der Waals surface area contributed by atoms with E-state index in [2.05, 4.69) is 20.8 Å². The van der Waals surface area contributed by atoms with E-state index in [-0.39, 0.29) is 13.0 Å². The second-order valence-electron chi connectivity index (χ2n) is 4.31. The fourth-order valence-electron chi connectivity index (χ4n) is 1.68. The summed E-state index contributed by atoms with van der Waals surface area (Å²) in [5.74, 6) is -0.126. The van der Waals surface area contributed by atoms with Crippen LogP contribution in [-0.4, -0.2) is 27.2 Å². The second-order valence-corrected chi connectivity index (χ2v) is 4.31. The first-order valence-corrected chi connectivity index (χ1v) is 6.17. The van der Waals surface area contributed by atoms with Crippen molar-refractivity contribution in [3.05, 3.63) is 41.5 Å². The van der Waals surface area contributed by atoms with Crippen LogP contribution >= 0.6 is 0 Å². The molecule has 2 amide bonds. The van der Waals surface area contributed by atoms with Crippen molar-refractivity contribution in [1.29, 1.82) is 0 Å². The first kappa shape index (κ1) is 14.5. The highest BCUT2D eigenvalue weighted by Gasteiger charge is 2.07. The highest BCUT2D eigenvalue weighted by molar-refractivity contribution is 5.89. The Bertz CT molecular complexity index is 653. The molecule has 0 aliphatic rings. The highest BCUT2D eigenvalue weighted by atomic mass is 16.5. The van der Waals surface area contributed by atoms with E-state index in [1.807, 2.05) is 0 Å². The zero-order valence-corrected chi connectivity index (χ0v) is 11.3. The number of aromatic nitrogens is 2. The van der Waals surface area contributed by atoms with Crippen molar-refractivity contribution in [2.24, 2.45) is 0 Å². The van der Waals surface area contributed by atoms with E-state index >= 15 is 0 Å². The predicted octanol–water partition coefficient (Wildman–Crippen LogP) is 1.33. The maximum Gasteiger partial charge on any atom is 0.319 e. The Morgan fingerprint density at radius 3 is 2.86 bits per heavy atom. The summed E-state index contributed by atoms with van der Waals surface area (Å²) in [4.78, 5) is 26.3. The number of hydrogen-bond donors (Lipinski definition) is 3. The standard InChI is InChI=1S/C13H14N4O4/c1-8-15-11(21-17-8)7-14-13(20)16-10-4-2-3-9(5-10)6-12(18)19/h2-5H,6-7H2,1H3,(H,18,19)(H2,14,16,20). The number of aliphatic carboxylic acids is 1. The second kappa shape index (κ2) is 6.51. The summed E-state index contributed by atoms with van der Waals surface area (Å²) in [6.45, 7) is 1.79. The smallest absolute Gasteiger partial charge is 0.319 e. The molecule has 0 aliphatic heterocycles. The van der Waals surface area contributed by atoms with Crippen LogP contribution in [0.25, 0.3) is 0 Å². The van der Waals surface area contributed by atoms with Gasteiger partial charge in [0.25, 0.3) is 0 Å². The number of aryl methyl sites for hydroxylation is 1. The number of amides is 2. The van der Waals surface area contributed by atoms with Crippen LogP contribution in [0.5, 0.6) is 0 Å². The number of carboxylic acids is 1. The summed E-state index contributed by atoms with van der Waals surface area (Å²) < 4.78 is 4.86. The molecular weight excluding hydrogens is 276 g/mol. The summed E-state index contributed by atoms with van der Waals surface area (Å²) in [6, 6.07) is 6.18. The summed E-state index contributed by atoms with van der Waals surface area (Å²) in [5, 5.41) is 17.5. The third-order valence-corrected chi connectivity index (χ3v) is 2.51. The van der Waals surface area contributed by atoms with Crippen LogP contribution in [-0.2, 0) is 17.8 Å². The van der Waals surface area contributed by atoms with Gasteiger partial charge in [-0.3, -0.25) is 4.79 Å². The van der Waals surface area contributed by atoms with Gasteiger partial charge in [0.05, 0.1) is 13.0 Å². The molecule has 8 nitrogen and oxygen atoms in total. The van der Waals surface area contributed by atoms with Crippen molar-refractivity contribution >= 4 is 17.7 Å². The molecule has 1 aromatic heterocycles. The molecule has 110 valence electrons. The lowest BCUT2D eigenvalue weighted by atomic mass is 10.1. The van der Waals surface area contributed by atoms with Gasteiger partial charge in [-0.1, -0.05) is 17.3 Å². The van der Waals surface area contributed by atoms with Crippen LogP contribution in [0.3, 0.4) is 0 Å². The molecule has 0 bridgehead atoms. The highest BCUT2D eigenvalue weighted by Crippen LogP contribution is 2.11. The number of carboxylic acid groups (broad SMARTS) is 1. The number of urea groups is 1. The fraction of sp³-hybridized carbons (Fsp3) is 0.231. The molecule has 3 N–H and O–H groups in total. The number of nitrogens with one attached hydrogen (secondary N) is 2. The predicted molar refractivity (Wildman–Crippen MR) is 72.7 cm³/mol. The molecule has 0 atom stereocenters. The molecule has 21 heavy (non-hydrogen) atoms. The van der Waals surface area contributed by atoms with Gasteiger partial charge < -0.3 is 20.3 Å². The average Bonchev–Trinajstić information content (AvgIpc) is 2.82. The monoisotopic (exact) mass is 290 g/mol. The minimum absolute atomic E-state index is 0.0988. The first-order valence-electron chi connectivity index (χ1n) is 6.17. The quantitative estimate of drug-likeness (QED) is 0.764. The van der Waals surface area contributed by atoms with Gasteiger partial charge in [0.15, 0.2) is 5.82 Å². The van der Waals surface area contributed by atoms with Crippen molar-refractivity contribution in [2.75, 3.05) is 5.32 Å². The van der Waals surface area contributed by atoms with E-state index in [9.17, 15) is 9.59 Å². The molecule has 1 aromatic carbocycles. The Morgan fingerprint density at radius 1 is 1.38 bits per heavy atom. The Hall–Kier alpha value is -2.90. The van der Waals surface area contributed by atoms with E-state index in [1.165, 1.54) is 0 Å². The number of carbonyl (C=O) groups is 2. The van der Waals surface area contributed by atoms with Gasteiger partial charge in [0.1, 0.15) is 0 Å². The molecule has 0 unspecified atom stereocenters. The van der Waals surface area contributed by atoms with Crippen molar-refractivity contribution in [3.63, 3.8) is 0 Å². The van der Waals surface area contributed by atoms with Gasteiger partial charge in [0, 0.05) is 5.69 Å². The lowest BCUT2D eigenvalue weighted by Gasteiger charge is -2.07. The largest absolute Gasteiger partial charge is 0.481 e. The zero-order valence-electron chi connectivity index (χ0n) is 11.3. The molecule has 0 spiro atoms. The summed E-state index contributed by atoms with van der Waals surface area (Å²) >= 11 is 0. The Morgan fingerprint density at radius 2 is 2.19 bits per heavy atom. The normalized spacial score (nSPS) is 10.1. The van der Waals surface area contributed by atoms with Crippen LogP contribution in [0.2, 0.25) is 0 Å². The maximum atomic E-state index is 11.7. The SMILES string of the molecule is Cc1noc(CNC(=O)Nc2cccc(CC(=O)O)c2)n1. The maximum absolute atomic E-state index is 11.7. The lowest BCUT2D eigenvalue weighted by Crippen LogP contribution is -2.28. The number of carbonyl (C=O) groups excluding carboxylic acids is 1. The summed E-state index contributed by atoms with van der Waals surface area (Å²) in [5.41, 5.74) is 1.11. The molecule has 0 radical (unpaired) electrons. The number of nitrogens with zero attached hydrogens (tertiary/aromatic N) is 2. The van der Waals surface area contributed by atoms with Crippen molar-refractivity contribution in [3.8, 4) is 0 Å². The van der Waals surface area contributed by atoms with Gasteiger partial charge in [-0.25, -0.2) is 4.79 Å². The van der Waals surface area contributed by atoms with Crippen molar-refractivity contribution in [1.82, 2.24) is 15.5 Å². The minimum atomic E-state index is -0.927. The van der Waals surface area contributed by atoms with Gasteiger partial charge >= 0.3 is 12.0 Å². The van der Waals surface area contributed by atoms with Gasteiger partial charge in [-0.05, 0) is 24.6 Å². The summed E-state index contributed by atoms with van der Waals surface area (Å²) in [6.07, 6.45) is -0.0988. The van der Waals surface area contributed by atoms with Gasteiger partial charge in [-0.15, -0.1) is 0 Å².